The molecule has 1 atom stereocenters. The van der Waals surface area contributed by atoms with Crippen LogP contribution in [-0.2, 0) is 0 Å². The lowest BCUT2D eigenvalue weighted by atomic mass is 9.73. The molecule has 1 N–H and O–H groups in total. The van der Waals surface area contributed by atoms with Gasteiger partial charge >= 0.3 is 0 Å². The predicted octanol–water partition coefficient (Wildman–Crippen LogP) is 2.76. The standard InChI is InChI=1S/C15H24N2/c1-15(2)9-10-17(12-13(15)11-16-3)14-7-5-4-6-8-14/h4-8,13,16H,9-12H2,1-3H3. The minimum Gasteiger partial charge on any atom is -0.371 e. The molecule has 1 unspecified atom stereocenters. The van der Waals surface area contributed by atoms with Crippen molar-refractivity contribution in [3.8, 4) is 0 Å². The van der Waals surface area contributed by atoms with Gasteiger partial charge in [-0.3, -0.25) is 0 Å². The van der Waals surface area contributed by atoms with Crippen LogP contribution < -0.4 is 10.2 Å². The van der Waals surface area contributed by atoms with Gasteiger partial charge < -0.3 is 10.2 Å². The Morgan fingerprint density at radius 3 is 2.65 bits per heavy atom. The Kier molecular flexibility index (Phi) is 3.72. The van der Waals surface area contributed by atoms with Gasteiger partial charge in [-0.25, -0.2) is 0 Å². The van der Waals surface area contributed by atoms with Gasteiger partial charge in [-0.1, -0.05) is 32.0 Å². The number of hydrogen-bond acceptors (Lipinski definition) is 2. The Hall–Kier alpha value is -1.02. The molecule has 2 heteroatoms. The lowest BCUT2D eigenvalue weighted by molar-refractivity contribution is 0.169. The van der Waals surface area contributed by atoms with Gasteiger partial charge in [0, 0.05) is 18.8 Å². The summed E-state index contributed by atoms with van der Waals surface area (Å²) in [6, 6.07) is 10.8. The fraction of sp³-hybridized carbons (Fsp3) is 0.600. The van der Waals surface area contributed by atoms with Crippen LogP contribution in [0.5, 0.6) is 0 Å². The van der Waals surface area contributed by atoms with Gasteiger partial charge in [0.1, 0.15) is 0 Å². The monoisotopic (exact) mass is 232 g/mol. The zero-order valence-electron chi connectivity index (χ0n) is 11.2. The molecule has 0 bridgehead atoms. The molecule has 0 saturated carbocycles. The first kappa shape index (κ1) is 12.4. The summed E-state index contributed by atoms with van der Waals surface area (Å²) in [4.78, 5) is 2.52. The number of para-hydroxylation sites is 1. The number of hydrogen-bond donors (Lipinski definition) is 1. The summed E-state index contributed by atoms with van der Waals surface area (Å²) in [7, 11) is 2.05. The summed E-state index contributed by atoms with van der Waals surface area (Å²) in [6.45, 7) is 8.25. The second-order valence-corrected chi connectivity index (χ2v) is 5.77. The summed E-state index contributed by atoms with van der Waals surface area (Å²) in [6.07, 6.45) is 1.27. The Morgan fingerprint density at radius 2 is 2.00 bits per heavy atom. The van der Waals surface area contributed by atoms with Crippen molar-refractivity contribution in [1.82, 2.24) is 5.32 Å². The van der Waals surface area contributed by atoms with Crippen molar-refractivity contribution < 1.29 is 0 Å². The molecule has 0 spiro atoms. The molecule has 1 aromatic carbocycles. The van der Waals surface area contributed by atoms with E-state index in [0.717, 1.165) is 19.0 Å². The van der Waals surface area contributed by atoms with E-state index in [2.05, 4.69) is 61.4 Å². The Labute approximate surface area is 105 Å². The molecule has 2 rings (SSSR count). The fourth-order valence-corrected chi connectivity index (χ4v) is 2.69. The molecule has 1 fully saturated rings. The fourth-order valence-electron chi connectivity index (χ4n) is 2.69. The average molecular weight is 232 g/mol. The number of piperidine rings is 1. The third-order valence-electron chi connectivity index (χ3n) is 4.14. The van der Waals surface area contributed by atoms with Crippen molar-refractivity contribution in [3.63, 3.8) is 0 Å². The first-order valence-corrected chi connectivity index (χ1v) is 6.58. The predicted molar refractivity (Wildman–Crippen MR) is 74.5 cm³/mol. The second kappa shape index (κ2) is 5.09. The quantitative estimate of drug-likeness (QED) is 0.862. The SMILES string of the molecule is CNCC1CN(c2ccccc2)CCC1(C)C. The summed E-state index contributed by atoms with van der Waals surface area (Å²) < 4.78 is 0. The summed E-state index contributed by atoms with van der Waals surface area (Å²) in [5.41, 5.74) is 1.82. The number of nitrogens with one attached hydrogen (secondary N) is 1. The molecule has 0 aromatic heterocycles. The van der Waals surface area contributed by atoms with E-state index in [1.807, 2.05) is 0 Å². The van der Waals surface area contributed by atoms with Gasteiger partial charge in [-0.05, 0) is 43.5 Å². The second-order valence-electron chi connectivity index (χ2n) is 5.77. The van der Waals surface area contributed by atoms with Crippen molar-refractivity contribution in [2.75, 3.05) is 31.6 Å². The van der Waals surface area contributed by atoms with Crippen molar-refractivity contribution in [2.45, 2.75) is 20.3 Å². The maximum Gasteiger partial charge on any atom is 0.0366 e. The van der Waals surface area contributed by atoms with Crippen molar-refractivity contribution in [2.24, 2.45) is 11.3 Å². The first-order valence-electron chi connectivity index (χ1n) is 6.58. The van der Waals surface area contributed by atoms with Crippen molar-refractivity contribution in [3.05, 3.63) is 30.3 Å². The third-order valence-corrected chi connectivity index (χ3v) is 4.14. The maximum absolute atomic E-state index is 3.34. The molecule has 1 aromatic rings. The number of rotatable bonds is 3. The Morgan fingerprint density at radius 1 is 1.29 bits per heavy atom. The van der Waals surface area contributed by atoms with Gasteiger partial charge in [0.25, 0.3) is 0 Å². The number of benzene rings is 1. The zero-order chi connectivity index (χ0) is 12.3. The van der Waals surface area contributed by atoms with Gasteiger partial charge in [-0.2, -0.15) is 0 Å². The van der Waals surface area contributed by atoms with Crippen LogP contribution in [0, 0.1) is 11.3 Å². The van der Waals surface area contributed by atoms with E-state index in [4.69, 9.17) is 0 Å². The van der Waals surface area contributed by atoms with Crippen LogP contribution in [0.3, 0.4) is 0 Å². The normalized spacial score (nSPS) is 23.7. The molecule has 0 aliphatic carbocycles. The van der Waals surface area contributed by atoms with E-state index in [9.17, 15) is 0 Å². The van der Waals surface area contributed by atoms with E-state index in [1.165, 1.54) is 18.7 Å². The maximum atomic E-state index is 3.34. The molecule has 1 aliphatic heterocycles. The van der Waals surface area contributed by atoms with Crippen LogP contribution in [0.25, 0.3) is 0 Å². The topological polar surface area (TPSA) is 15.3 Å². The highest BCUT2D eigenvalue weighted by Gasteiger charge is 2.34. The molecule has 2 nitrogen and oxygen atoms in total. The van der Waals surface area contributed by atoms with Gasteiger partial charge in [-0.15, -0.1) is 0 Å². The number of nitrogens with zero attached hydrogens (tertiary/aromatic N) is 1. The summed E-state index contributed by atoms with van der Waals surface area (Å²) in [5, 5.41) is 3.34. The highest BCUT2D eigenvalue weighted by Crippen LogP contribution is 2.36. The van der Waals surface area contributed by atoms with Crippen LogP contribution in [-0.4, -0.2) is 26.7 Å². The van der Waals surface area contributed by atoms with Crippen LogP contribution in [0.2, 0.25) is 0 Å². The van der Waals surface area contributed by atoms with Crippen LogP contribution in [0.4, 0.5) is 5.69 Å². The smallest absolute Gasteiger partial charge is 0.0366 e. The zero-order valence-corrected chi connectivity index (χ0v) is 11.2. The lowest BCUT2D eigenvalue weighted by Crippen LogP contribution is -2.48. The Balaban J connectivity index is 2.09. The number of anilines is 1. The van der Waals surface area contributed by atoms with Gasteiger partial charge in [0.2, 0.25) is 0 Å². The largest absolute Gasteiger partial charge is 0.371 e. The molecular weight excluding hydrogens is 208 g/mol. The summed E-state index contributed by atoms with van der Waals surface area (Å²) >= 11 is 0. The lowest BCUT2D eigenvalue weighted by Gasteiger charge is -2.45. The average Bonchev–Trinajstić information content (AvgIpc) is 2.33. The summed E-state index contributed by atoms with van der Waals surface area (Å²) in [5.74, 6) is 0.724. The third kappa shape index (κ3) is 2.81. The van der Waals surface area contributed by atoms with E-state index in [-0.39, 0.29) is 0 Å². The van der Waals surface area contributed by atoms with Crippen LogP contribution in [0.15, 0.2) is 30.3 Å². The first-order chi connectivity index (χ1) is 8.13. The van der Waals surface area contributed by atoms with Crippen LogP contribution >= 0.6 is 0 Å². The molecule has 94 valence electrons. The van der Waals surface area contributed by atoms with E-state index < -0.39 is 0 Å². The van der Waals surface area contributed by atoms with Crippen molar-refractivity contribution >= 4 is 5.69 Å². The Bertz CT molecular complexity index is 345. The van der Waals surface area contributed by atoms with E-state index in [0.29, 0.717) is 5.41 Å². The molecular formula is C15H24N2. The highest BCUT2D eigenvalue weighted by molar-refractivity contribution is 5.46. The van der Waals surface area contributed by atoms with E-state index >= 15 is 0 Å². The highest BCUT2D eigenvalue weighted by atomic mass is 15.1. The van der Waals surface area contributed by atoms with Gasteiger partial charge in [0.05, 0.1) is 0 Å². The minimum absolute atomic E-state index is 0.453. The van der Waals surface area contributed by atoms with Crippen molar-refractivity contribution in [1.29, 1.82) is 0 Å². The molecule has 1 saturated heterocycles. The van der Waals surface area contributed by atoms with Crippen LogP contribution in [0.1, 0.15) is 20.3 Å². The minimum atomic E-state index is 0.453. The molecule has 0 radical (unpaired) electrons. The molecule has 1 aliphatic rings. The molecule has 0 amide bonds. The van der Waals surface area contributed by atoms with Gasteiger partial charge in [0.15, 0.2) is 0 Å². The molecule has 17 heavy (non-hydrogen) atoms. The molecule has 1 heterocycles. The van der Waals surface area contributed by atoms with E-state index in [1.54, 1.807) is 0 Å².